The van der Waals surface area contributed by atoms with E-state index in [4.69, 9.17) is 33.7 Å². The Labute approximate surface area is 116 Å². The van der Waals surface area contributed by atoms with Crippen molar-refractivity contribution in [3.05, 3.63) is 58.1 Å². The third-order valence-electron chi connectivity index (χ3n) is 2.53. The molecule has 0 aliphatic rings. The molecular formula is C14H13Cl2NO. The molecule has 0 amide bonds. The molecule has 4 heteroatoms. The van der Waals surface area contributed by atoms with Crippen LogP contribution in [0.1, 0.15) is 18.5 Å². The van der Waals surface area contributed by atoms with Crippen LogP contribution in [-0.2, 0) is 0 Å². The molecule has 2 nitrogen and oxygen atoms in total. The number of benzene rings is 2. The Balaban J connectivity index is 2.31. The number of hydrogen-bond donors (Lipinski definition) is 1. The van der Waals surface area contributed by atoms with Crippen LogP contribution in [0.5, 0.6) is 11.5 Å². The van der Waals surface area contributed by atoms with Gasteiger partial charge < -0.3 is 10.5 Å². The Morgan fingerprint density at radius 1 is 1.06 bits per heavy atom. The van der Waals surface area contributed by atoms with Gasteiger partial charge in [-0.15, -0.1) is 0 Å². The zero-order valence-electron chi connectivity index (χ0n) is 9.86. The summed E-state index contributed by atoms with van der Waals surface area (Å²) in [7, 11) is 0. The van der Waals surface area contributed by atoms with Crippen molar-refractivity contribution >= 4 is 23.2 Å². The van der Waals surface area contributed by atoms with E-state index in [0.29, 0.717) is 15.8 Å². The molecular weight excluding hydrogens is 269 g/mol. The van der Waals surface area contributed by atoms with E-state index < -0.39 is 0 Å². The van der Waals surface area contributed by atoms with Crippen LogP contribution in [0.3, 0.4) is 0 Å². The average molecular weight is 282 g/mol. The third-order valence-corrected chi connectivity index (χ3v) is 3.27. The van der Waals surface area contributed by atoms with Crippen LogP contribution in [0.25, 0.3) is 0 Å². The molecule has 1 unspecified atom stereocenters. The third kappa shape index (κ3) is 2.96. The minimum atomic E-state index is -0.0935. The lowest BCUT2D eigenvalue weighted by molar-refractivity contribution is 0.472. The first-order chi connectivity index (χ1) is 8.58. The monoisotopic (exact) mass is 281 g/mol. The molecule has 0 aliphatic carbocycles. The summed E-state index contributed by atoms with van der Waals surface area (Å²) < 4.78 is 5.78. The van der Waals surface area contributed by atoms with Gasteiger partial charge in [0.25, 0.3) is 0 Å². The first-order valence-corrected chi connectivity index (χ1v) is 6.31. The predicted molar refractivity (Wildman–Crippen MR) is 75.6 cm³/mol. The fraction of sp³-hybridized carbons (Fsp3) is 0.143. The second kappa shape index (κ2) is 5.61. The van der Waals surface area contributed by atoms with Gasteiger partial charge in [0, 0.05) is 17.7 Å². The van der Waals surface area contributed by atoms with Crippen LogP contribution in [0.2, 0.25) is 10.0 Å². The largest absolute Gasteiger partial charge is 0.457 e. The fourth-order valence-corrected chi connectivity index (χ4v) is 1.91. The van der Waals surface area contributed by atoms with Gasteiger partial charge in [-0.2, -0.15) is 0 Å². The summed E-state index contributed by atoms with van der Waals surface area (Å²) in [5.74, 6) is 1.36. The fourth-order valence-electron chi connectivity index (χ4n) is 1.62. The molecule has 1 atom stereocenters. The number of rotatable bonds is 3. The van der Waals surface area contributed by atoms with Crippen LogP contribution >= 0.6 is 23.2 Å². The molecule has 2 aromatic carbocycles. The van der Waals surface area contributed by atoms with Crippen molar-refractivity contribution in [3.8, 4) is 11.5 Å². The van der Waals surface area contributed by atoms with Gasteiger partial charge in [0.1, 0.15) is 11.5 Å². The van der Waals surface area contributed by atoms with Crippen molar-refractivity contribution in [2.24, 2.45) is 5.73 Å². The van der Waals surface area contributed by atoms with Crippen LogP contribution < -0.4 is 10.5 Å². The molecule has 0 spiro atoms. The number of hydrogen-bond acceptors (Lipinski definition) is 2. The maximum Gasteiger partial charge on any atom is 0.132 e. The van der Waals surface area contributed by atoms with Gasteiger partial charge in [-0.3, -0.25) is 0 Å². The van der Waals surface area contributed by atoms with Gasteiger partial charge in [0.15, 0.2) is 0 Å². The Hall–Kier alpha value is -1.22. The van der Waals surface area contributed by atoms with E-state index in [9.17, 15) is 0 Å². The van der Waals surface area contributed by atoms with Crippen LogP contribution in [0.15, 0.2) is 42.5 Å². The molecule has 0 saturated heterocycles. The van der Waals surface area contributed by atoms with Crippen molar-refractivity contribution in [3.63, 3.8) is 0 Å². The molecule has 18 heavy (non-hydrogen) atoms. The highest BCUT2D eigenvalue weighted by Gasteiger charge is 2.08. The number of para-hydroxylation sites is 1. The van der Waals surface area contributed by atoms with Crippen molar-refractivity contribution in [1.29, 1.82) is 0 Å². The van der Waals surface area contributed by atoms with Crippen molar-refractivity contribution in [1.82, 2.24) is 0 Å². The quantitative estimate of drug-likeness (QED) is 0.877. The zero-order valence-corrected chi connectivity index (χ0v) is 11.4. The highest BCUT2D eigenvalue weighted by molar-refractivity contribution is 6.42. The van der Waals surface area contributed by atoms with Crippen molar-refractivity contribution in [2.75, 3.05) is 0 Å². The van der Waals surface area contributed by atoms with E-state index in [1.54, 1.807) is 18.2 Å². The molecule has 0 aliphatic heterocycles. The van der Waals surface area contributed by atoms with Crippen LogP contribution in [0.4, 0.5) is 0 Å². The maximum absolute atomic E-state index is 5.95. The molecule has 2 N–H and O–H groups in total. The topological polar surface area (TPSA) is 35.2 Å². The summed E-state index contributed by atoms with van der Waals surface area (Å²) in [5, 5.41) is 0.969. The lowest BCUT2D eigenvalue weighted by Crippen LogP contribution is -2.06. The van der Waals surface area contributed by atoms with Gasteiger partial charge in [-0.1, -0.05) is 41.4 Å². The minimum Gasteiger partial charge on any atom is -0.457 e. The van der Waals surface area contributed by atoms with Crippen molar-refractivity contribution < 1.29 is 4.74 Å². The molecule has 0 bridgehead atoms. The van der Waals surface area contributed by atoms with E-state index in [1.165, 1.54) is 0 Å². The van der Waals surface area contributed by atoms with E-state index >= 15 is 0 Å². The van der Waals surface area contributed by atoms with Gasteiger partial charge >= 0.3 is 0 Å². The number of halogens is 2. The summed E-state index contributed by atoms with van der Waals surface area (Å²) in [6, 6.07) is 12.7. The Kier molecular flexibility index (Phi) is 4.12. The SMILES string of the molecule is CC(N)c1ccccc1Oc1ccc(Cl)c(Cl)c1. The van der Waals surface area contributed by atoms with Crippen LogP contribution in [-0.4, -0.2) is 0 Å². The van der Waals surface area contributed by atoms with Gasteiger partial charge in [-0.25, -0.2) is 0 Å². The van der Waals surface area contributed by atoms with E-state index in [2.05, 4.69) is 0 Å². The number of nitrogens with two attached hydrogens (primary N) is 1. The van der Waals surface area contributed by atoms with Crippen LogP contribution in [0, 0.1) is 0 Å². The van der Waals surface area contributed by atoms with Gasteiger partial charge in [0.05, 0.1) is 10.0 Å². The second-order valence-corrected chi connectivity index (χ2v) is 4.82. The molecule has 2 rings (SSSR count). The highest BCUT2D eigenvalue weighted by atomic mass is 35.5. The standard InChI is InChI=1S/C14H13Cl2NO/c1-9(17)11-4-2-3-5-14(11)18-10-6-7-12(15)13(16)8-10/h2-9H,17H2,1H3. The highest BCUT2D eigenvalue weighted by Crippen LogP contribution is 2.32. The number of ether oxygens (including phenoxy) is 1. The first-order valence-electron chi connectivity index (χ1n) is 5.55. The normalized spacial score (nSPS) is 12.2. The molecule has 0 saturated carbocycles. The molecule has 94 valence electrons. The van der Waals surface area contributed by atoms with E-state index in [0.717, 1.165) is 11.3 Å². The molecule has 2 aromatic rings. The van der Waals surface area contributed by atoms with E-state index in [-0.39, 0.29) is 6.04 Å². The second-order valence-electron chi connectivity index (χ2n) is 4.00. The smallest absolute Gasteiger partial charge is 0.132 e. The molecule has 0 heterocycles. The summed E-state index contributed by atoms with van der Waals surface area (Å²) in [6.07, 6.45) is 0. The Morgan fingerprint density at radius 2 is 1.78 bits per heavy atom. The van der Waals surface area contributed by atoms with Crippen molar-refractivity contribution in [2.45, 2.75) is 13.0 Å². The minimum absolute atomic E-state index is 0.0935. The maximum atomic E-state index is 5.95. The Bertz CT molecular complexity index is 555. The van der Waals surface area contributed by atoms with Gasteiger partial charge in [-0.05, 0) is 25.1 Å². The van der Waals surface area contributed by atoms with E-state index in [1.807, 2.05) is 31.2 Å². The zero-order chi connectivity index (χ0) is 13.1. The molecule has 0 radical (unpaired) electrons. The average Bonchev–Trinajstić information content (AvgIpc) is 2.34. The molecule has 0 fully saturated rings. The molecule has 0 aromatic heterocycles. The first kappa shape index (κ1) is 13.2. The lowest BCUT2D eigenvalue weighted by atomic mass is 10.1. The Morgan fingerprint density at radius 3 is 2.44 bits per heavy atom. The summed E-state index contributed by atoms with van der Waals surface area (Å²) in [6.45, 7) is 1.91. The van der Waals surface area contributed by atoms with Gasteiger partial charge in [0.2, 0.25) is 0 Å². The predicted octanol–water partition coefficient (Wildman–Crippen LogP) is 4.81. The summed E-state index contributed by atoms with van der Waals surface area (Å²) in [4.78, 5) is 0. The lowest BCUT2D eigenvalue weighted by Gasteiger charge is -2.13. The summed E-state index contributed by atoms with van der Waals surface area (Å²) >= 11 is 11.8. The summed E-state index contributed by atoms with van der Waals surface area (Å²) in [5.41, 5.74) is 6.84.